The largest absolute Gasteiger partial charge is 0.480 e. The molecule has 10 heteroatoms. The first-order valence-corrected chi connectivity index (χ1v) is 14.0. The fourth-order valence-electron chi connectivity index (χ4n) is 5.33. The van der Waals surface area contributed by atoms with Gasteiger partial charge >= 0.3 is 5.97 Å². The average Bonchev–Trinajstić information content (AvgIpc) is 2.93. The Bertz CT molecular complexity index is 1690. The summed E-state index contributed by atoms with van der Waals surface area (Å²) < 4.78 is 44.8. The Balaban J connectivity index is 1.73. The molecule has 2 aromatic heterocycles. The number of carboxylic acid groups (broad SMARTS) is 1. The molecule has 0 spiro atoms. The van der Waals surface area contributed by atoms with Crippen LogP contribution in [-0.2, 0) is 17.1 Å². The second-order valence-electron chi connectivity index (χ2n) is 10.9. The molecule has 0 saturated heterocycles. The second kappa shape index (κ2) is 12.4. The van der Waals surface area contributed by atoms with E-state index >= 15 is 0 Å². The van der Waals surface area contributed by atoms with Gasteiger partial charge in [-0.2, -0.15) is 0 Å². The highest BCUT2D eigenvalue weighted by Crippen LogP contribution is 2.41. The van der Waals surface area contributed by atoms with Gasteiger partial charge in [-0.25, -0.2) is 18.0 Å². The van der Waals surface area contributed by atoms with Gasteiger partial charge in [-0.1, -0.05) is 25.1 Å². The summed E-state index contributed by atoms with van der Waals surface area (Å²) in [6.07, 6.45) is 2.20. The Hall–Kier alpha value is -4.47. The third kappa shape index (κ3) is 6.48. The maximum Gasteiger partial charge on any atom is 0.326 e. The second-order valence-corrected chi connectivity index (χ2v) is 10.9. The van der Waals surface area contributed by atoms with Crippen molar-refractivity contribution in [1.29, 1.82) is 0 Å². The summed E-state index contributed by atoms with van der Waals surface area (Å²) in [5.74, 6) is -6.11. The van der Waals surface area contributed by atoms with Gasteiger partial charge in [-0.3, -0.25) is 14.8 Å². The fraction of sp³-hybridized carbons (Fsp3) is 0.333. The Kier molecular flexibility index (Phi) is 9.08. The first kappa shape index (κ1) is 31.5. The zero-order valence-corrected chi connectivity index (χ0v) is 25.0. The summed E-state index contributed by atoms with van der Waals surface area (Å²) in [7, 11) is 0. The quantitative estimate of drug-likeness (QED) is 0.183. The van der Waals surface area contributed by atoms with E-state index in [2.05, 4.69) is 20.6 Å². The monoisotopic (exact) mass is 592 g/mol. The summed E-state index contributed by atoms with van der Waals surface area (Å²) in [6, 6.07) is 8.04. The Labute approximate surface area is 248 Å². The number of nitrogens with one attached hydrogen (secondary N) is 2. The molecular weight excluding hydrogens is 557 g/mol. The van der Waals surface area contributed by atoms with Gasteiger partial charge in [0.05, 0.1) is 22.3 Å². The number of carbonyl (C=O) groups excluding carboxylic acids is 1. The van der Waals surface area contributed by atoms with E-state index in [1.807, 2.05) is 6.92 Å². The van der Waals surface area contributed by atoms with E-state index in [-0.39, 0.29) is 23.2 Å². The number of aryl methyl sites for hydroxylation is 2. The molecule has 0 bridgehead atoms. The minimum absolute atomic E-state index is 0.106. The van der Waals surface area contributed by atoms with E-state index in [0.717, 1.165) is 13.3 Å². The number of carboxylic acids is 1. The van der Waals surface area contributed by atoms with E-state index < -0.39 is 29.7 Å². The number of hydrogen-bond donors (Lipinski definition) is 3. The molecular formula is C33H35F3N4O3. The van der Waals surface area contributed by atoms with Gasteiger partial charge in [0.2, 0.25) is 0 Å². The number of anilines is 1. The summed E-state index contributed by atoms with van der Waals surface area (Å²) >= 11 is 0. The van der Waals surface area contributed by atoms with Crippen molar-refractivity contribution in [3.63, 3.8) is 0 Å². The molecule has 7 nitrogen and oxygen atoms in total. The van der Waals surface area contributed by atoms with Crippen LogP contribution in [-0.4, -0.2) is 39.5 Å². The first-order chi connectivity index (χ1) is 20.2. The number of fused-ring (bicyclic) bond motifs is 1. The lowest BCUT2D eigenvalue weighted by molar-refractivity contribution is -0.139. The number of aromatic nitrogens is 2. The molecule has 0 aliphatic carbocycles. The van der Waals surface area contributed by atoms with Gasteiger partial charge < -0.3 is 15.7 Å². The van der Waals surface area contributed by atoms with Gasteiger partial charge in [0.15, 0.2) is 0 Å². The maximum absolute atomic E-state index is 15.0. The number of carbonyl (C=O) groups is 2. The molecule has 0 fully saturated rings. The lowest BCUT2D eigenvalue weighted by Crippen LogP contribution is -2.42. The van der Waals surface area contributed by atoms with Gasteiger partial charge in [-0.15, -0.1) is 0 Å². The summed E-state index contributed by atoms with van der Waals surface area (Å²) in [5.41, 5.74) is 3.55. The van der Waals surface area contributed by atoms with Crippen molar-refractivity contribution < 1.29 is 27.9 Å². The van der Waals surface area contributed by atoms with Crippen LogP contribution in [0.15, 0.2) is 42.6 Å². The third-order valence-corrected chi connectivity index (χ3v) is 7.67. The Morgan fingerprint density at radius 3 is 2.42 bits per heavy atom. The van der Waals surface area contributed by atoms with E-state index in [4.69, 9.17) is 0 Å². The molecule has 0 saturated carbocycles. The van der Waals surface area contributed by atoms with Crippen LogP contribution in [0.1, 0.15) is 64.1 Å². The average molecular weight is 593 g/mol. The Morgan fingerprint density at radius 2 is 1.79 bits per heavy atom. The lowest BCUT2D eigenvalue weighted by atomic mass is 9.90. The van der Waals surface area contributed by atoms with Crippen LogP contribution in [0.5, 0.6) is 0 Å². The van der Waals surface area contributed by atoms with Crippen molar-refractivity contribution in [2.24, 2.45) is 0 Å². The minimum atomic E-state index is -3.18. The summed E-state index contributed by atoms with van der Waals surface area (Å²) in [4.78, 5) is 34.4. The Morgan fingerprint density at radius 1 is 1.07 bits per heavy atom. The predicted octanol–water partition coefficient (Wildman–Crippen LogP) is 7.03. The lowest BCUT2D eigenvalue weighted by Gasteiger charge is -2.22. The van der Waals surface area contributed by atoms with Crippen molar-refractivity contribution in [3.8, 4) is 11.3 Å². The SMILES string of the molecule is CCCNc1cc(C)c(C(=O)N[C@@H](Cc2ccc(-c3nc(C)c(C)c(C)c3C(C)(F)F)c3ncccc23)C(=O)O)c(F)c1. The van der Waals surface area contributed by atoms with Crippen LogP contribution in [0.3, 0.4) is 0 Å². The minimum Gasteiger partial charge on any atom is -0.480 e. The smallest absolute Gasteiger partial charge is 0.326 e. The number of benzene rings is 2. The molecule has 226 valence electrons. The van der Waals surface area contributed by atoms with Crippen LogP contribution in [0.2, 0.25) is 0 Å². The zero-order valence-electron chi connectivity index (χ0n) is 25.0. The van der Waals surface area contributed by atoms with E-state index in [0.29, 0.717) is 56.6 Å². The molecule has 2 heterocycles. The van der Waals surface area contributed by atoms with Crippen LogP contribution >= 0.6 is 0 Å². The molecule has 3 N–H and O–H groups in total. The van der Waals surface area contributed by atoms with Crippen LogP contribution < -0.4 is 10.6 Å². The topological polar surface area (TPSA) is 104 Å². The van der Waals surface area contributed by atoms with Gasteiger partial charge in [0, 0.05) is 48.4 Å². The normalized spacial score (nSPS) is 12.3. The van der Waals surface area contributed by atoms with Crippen molar-refractivity contribution in [3.05, 3.63) is 87.5 Å². The van der Waals surface area contributed by atoms with Crippen molar-refractivity contribution in [1.82, 2.24) is 15.3 Å². The molecule has 1 amide bonds. The first-order valence-electron chi connectivity index (χ1n) is 14.0. The number of amides is 1. The predicted molar refractivity (Wildman–Crippen MR) is 161 cm³/mol. The maximum atomic E-state index is 15.0. The molecule has 1 atom stereocenters. The molecule has 4 rings (SSSR count). The van der Waals surface area contributed by atoms with Gasteiger partial charge in [0.1, 0.15) is 11.9 Å². The molecule has 0 aliphatic heterocycles. The van der Waals surface area contributed by atoms with Crippen molar-refractivity contribution >= 4 is 28.5 Å². The number of hydrogen-bond acceptors (Lipinski definition) is 5. The van der Waals surface area contributed by atoms with Crippen LogP contribution in [0.25, 0.3) is 22.2 Å². The highest BCUT2D eigenvalue weighted by atomic mass is 19.3. The number of halogens is 3. The molecule has 43 heavy (non-hydrogen) atoms. The number of pyridine rings is 2. The van der Waals surface area contributed by atoms with Crippen LogP contribution in [0, 0.1) is 33.5 Å². The zero-order chi connectivity index (χ0) is 31.6. The number of rotatable bonds is 10. The third-order valence-electron chi connectivity index (χ3n) is 7.67. The number of nitrogens with zero attached hydrogens (tertiary/aromatic N) is 2. The molecule has 0 radical (unpaired) electrons. The number of aliphatic carboxylic acids is 1. The van der Waals surface area contributed by atoms with Crippen molar-refractivity contribution in [2.45, 2.75) is 66.3 Å². The van der Waals surface area contributed by atoms with Crippen LogP contribution in [0.4, 0.5) is 18.9 Å². The van der Waals surface area contributed by atoms with Gasteiger partial charge in [0.25, 0.3) is 11.8 Å². The van der Waals surface area contributed by atoms with Crippen molar-refractivity contribution in [2.75, 3.05) is 11.9 Å². The highest BCUT2D eigenvalue weighted by Gasteiger charge is 2.33. The fourth-order valence-corrected chi connectivity index (χ4v) is 5.33. The number of alkyl halides is 2. The molecule has 0 aliphatic rings. The standard InChI is InChI=1S/C33H35F3N4O3/c1-7-12-37-22-14-17(2)27(25(34)16-22)31(41)40-26(32(42)43)15-21-10-11-24(29-23(21)9-8-13-38-29)30-28(33(6,35)36)19(4)18(3)20(5)39-30/h8-11,13-14,16,26,37H,7,12,15H2,1-6H3,(H,40,41)(H,42,43)/t26-/m0/s1. The van der Waals surface area contributed by atoms with E-state index in [1.54, 1.807) is 58.0 Å². The van der Waals surface area contributed by atoms with Gasteiger partial charge in [-0.05, 0) is 74.6 Å². The summed E-state index contributed by atoms with van der Waals surface area (Å²) in [5, 5.41) is 16.1. The van der Waals surface area contributed by atoms with E-state index in [1.165, 1.54) is 12.3 Å². The molecule has 2 aromatic carbocycles. The molecule has 4 aromatic rings. The summed E-state index contributed by atoms with van der Waals surface area (Å²) in [6.45, 7) is 10.2. The molecule has 0 unspecified atom stereocenters. The highest BCUT2D eigenvalue weighted by molar-refractivity contribution is 5.99. The van der Waals surface area contributed by atoms with E-state index in [9.17, 15) is 27.9 Å².